The Balaban J connectivity index is 1.41. The average molecular weight is 352 g/mol. The van der Waals surface area contributed by atoms with E-state index < -0.39 is 0 Å². The summed E-state index contributed by atoms with van der Waals surface area (Å²) in [6.07, 6.45) is 20.4. The predicted molar refractivity (Wildman–Crippen MR) is 104 cm³/mol. The largest absolute Gasteiger partial charge is 0.366 e. The fraction of sp³-hybridized carbons (Fsp3) is 0.792. The average Bonchev–Trinajstić information content (AvgIpc) is 3.19. The molecule has 1 N–H and O–H groups in total. The van der Waals surface area contributed by atoms with E-state index in [9.17, 15) is 0 Å². The zero-order valence-corrected chi connectivity index (χ0v) is 16.2. The van der Waals surface area contributed by atoms with E-state index in [-0.39, 0.29) is 5.60 Å². The van der Waals surface area contributed by atoms with Gasteiger partial charge in [-0.15, -0.1) is 0 Å². The van der Waals surface area contributed by atoms with Gasteiger partial charge in [-0.3, -0.25) is 0 Å². The molecule has 2 spiro atoms. The molecule has 0 radical (unpaired) electrons. The number of rotatable bonds is 1. The molecule has 0 bridgehead atoms. The maximum absolute atomic E-state index is 8.09. The zero-order valence-electron chi connectivity index (χ0n) is 16.2. The van der Waals surface area contributed by atoms with Crippen molar-refractivity contribution >= 4 is 5.71 Å². The standard InChI is InChI=1S/C24H33NO/c1-2-23-10-8-19-18-7-5-17(25)14-16(18)4-6-20(19)21(23)15-22(11-12-22)24(23)9-3-13-26-24/h3,9,14,18-21,25H,2,4-8,10-13,15H2,1H3/t18?,19?,20?,21?,23-,24-/m0/s1. The van der Waals surface area contributed by atoms with Crippen molar-refractivity contribution in [3.8, 4) is 0 Å². The highest BCUT2D eigenvalue weighted by Crippen LogP contribution is 2.79. The van der Waals surface area contributed by atoms with E-state index in [1.165, 1.54) is 57.8 Å². The van der Waals surface area contributed by atoms with Crippen LogP contribution in [-0.2, 0) is 4.74 Å². The Morgan fingerprint density at radius 1 is 1.12 bits per heavy atom. The summed E-state index contributed by atoms with van der Waals surface area (Å²) < 4.78 is 6.69. The molecule has 0 aromatic rings. The highest BCUT2D eigenvalue weighted by Gasteiger charge is 2.77. The summed E-state index contributed by atoms with van der Waals surface area (Å²) in [5.41, 5.74) is 3.49. The molecule has 2 heteroatoms. The van der Waals surface area contributed by atoms with Crippen LogP contribution < -0.4 is 0 Å². The van der Waals surface area contributed by atoms with Crippen LogP contribution in [0.3, 0.4) is 0 Å². The van der Waals surface area contributed by atoms with Gasteiger partial charge in [0.2, 0.25) is 0 Å². The summed E-state index contributed by atoms with van der Waals surface area (Å²) in [6.45, 7) is 3.31. The quantitative estimate of drug-likeness (QED) is 0.605. The van der Waals surface area contributed by atoms with Crippen LogP contribution in [0.15, 0.2) is 23.8 Å². The highest BCUT2D eigenvalue weighted by atomic mass is 16.5. The Hall–Kier alpha value is -0.890. The summed E-state index contributed by atoms with van der Waals surface area (Å²) in [4.78, 5) is 0. The van der Waals surface area contributed by atoms with Crippen molar-refractivity contribution in [1.82, 2.24) is 0 Å². The van der Waals surface area contributed by atoms with E-state index in [4.69, 9.17) is 10.1 Å². The molecule has 1 aliphatic heterocycles. The molecule has 0 aromatic heterocycles. The van der Waals surface area contributed by atoms with Gasteiger partial charge < -0.3 is 10.1 Å². The van der Waals surface area contributed by atoms with Crippen LogP contribution in [0.25, 0.3) is 0 Å². The van der Waals surface area contributed by atoms with Gasteiger partial charge >= 0.3 is 0 Å². The maximum Gasteiger partial charge on any atom is 0.0982 e. The lowest BCUT2D eigenvalue weighted by molar-refractivity contribution is -0.139. The Morgan fingerprint density at radius 3 is 2.73 bits per heavy atom. The SMILES string of the molecule is CC[C@]12CCC3C4CCC(=N)C=C4CCC3C1CC1(CC1)[C@@]21C=CCO1. The number of ether oxygens (including phenoxy) is 1. The molecule has 6 aliphatic rings. The number of hydrogen-bond donors (Lipinski definition) is 1. The van der Waals surface area contributed by atoms with Gasteiger partial charge in [0.25, 0.3) is 0 Å². The fourth-order valence-corrected chi connectivity index (χ4v) is 8.84. The van der Waals surface area contributed by atoms with Crippen molar-refractivity contribution in [2.24, 2.45) is 34.5 Å². The van der Waals surface area contributed by atoms with Crippen LogP contribution in [0.2, 0.25) is 0 Å². The third-order valence-electron chi connectivity index (χ3n) is 9.93. The Kier molecular flexibility index (Phi) is 3.18. The third kappa shape index (κ3) is 1.72. The molecule has 26 heavy (non-hydrogen) atoms. The number of hydrogen-bond acceptors (Lipinski definition) is 2. The van der Waals surface area contributed by atoms with Gasteiger partial charge in [0, 0.05) is 16.5 Å². The van der Waals surface area contributed by atoms with Crippen LogP contribution >= 0.6 is 0 Å². The molecule has 0 amide bonds. The molecule has 0 saturated heterocycles. The lowest BCUT2D eigenvalue weighted by Crippen LogP contribution is -2.55. The summed E-state index contributed by atoms with van der Waals surface area (Å²) >= 11 is 0. The third-order valence-corrected chi connectivity index (χ3v) is 9.93. The van der Waals surface area contributed by atoms with Crippen molar-refractivity contribution in [3.05, 3.63) is 23.8 Å². The van der Waals surface area contributed by atoms with Crippen molar-refractivity contribution < 1.29 is 4.74 Å². The zero-order chi connectivity index (χ0) is 17.6. The lowest BCUT2D eigenvalue weighted by Gasteiger charge is -2.57. The first-order valence-electron chi connectivity index (χ1n) is 11.2. The first-order valence-corrected chi connectivity index (χ1v) is 11.2. The molecule has 6 atom stereocenters. The summed E-state index contributed by atoms with van der Waals surface area (Å²) in [6, 6.07) is 0. The fourth-order valence-electron chi connectivity index (χ4n) is 8.84. The molecular weight excluding hydrogens is 318 g/mol. The molecular formula is C24H33NO. The molecule has 2 nitrogen and oxygen atoms in total. The number of allylic oxidation sites excluding steroid dienone is 2. The van der Waals surface area contributed by atoms with Gasteiger partial charge in [0.1, 0.15) is 0 Å². The minimum absolute atomic E-state index is 0.0786. The molecule has 6 rings (SSSR count). The number of fused-ring (bicyclic) bond motifs is 7. The summed E-state index contributed by atoms with van der Waals surface area (Å²) in [5.74, 6) is 3.47. The second kappa shape index (κ2) is 5.13. The van der Waals surface area contributed by atoms with Crippen LogP contribution in [0.5, 0.6) is 0 Å². The minimum Gasteiger partial charge on any atom is -0.366 e. The second-order valence-electron chi connectivity index (χ2n) is 10.3. The van der Waals surface area contributed by atoms with E-state index in [1.807, 2.05) is 0 Å². The summed E-state index contributed by atoms with van der Waals surface area (Å²) in [7, 11) is 0. The molecule has 4 fully saturated rings. The maximum atomic E-state index is 8.09. The van der Waals surface area contributed by atoms with E-state index in [1.54, 1.807) is 5.57 Å². The van der Waals surface area contributed by atoms with E-state index in [0.717, 1.165) is 42.4 Å². The Bertz CT molecular complexity index is 716. The summed E-state index contributed by atoms with van der Waals surface area (Å²) in [5, 5.41) is 8.09. The Morgan fingerprint density at radius 2 is 2.00 bits per heavy atom. The Labute approximate surface area is 158 Å². The highest BCUT2D eigenvalue weighted by molar-refractivity contribution is 5.93. The van der Waals surface area contributed by atoms with Crippen molar-refractivity contribution in [3.63, 3.8) is 0 Å². The van der Waals surface area contributed by atoms with Gasteiger partial charge in [-0.1, -0.05) is 24.6 Å². The minimum atomic E-state index is 0.0786. The first-order chi connectivity index (χ1) is 12.6. The van der Waals surface area contributed by atoms with Crippen LogP contribution in [0.1, 0.15) is 71.1 Å². The van der Waals surface area contributed by atoms with Crippen molar-refractivity contribution in [1.29, 1.82) is 5.41 Å². The molecule has 5 aliphatic carbocycles. The van der Waals surface area contributed by atoms with E-state index >= 15 is 0 Å². The molecule has 4 unspecified atom stereocenters. The predicted octanol–water partition coefficient (Wildman–Crippen LogP) is 5.68. The first kappa shape index (κ1) is 16.1. The second-order valence-corrected chi connectivity index (χ2v) is 10.3. The van der Waals surface area contributed by atoms with Crippen LogP contribution in [0.4, 0.5) is 0 Å². The van der Waals surface area contributed by atoms with Gasteiger partial charge in [-0.2, -0.15) is 0 Å². The van der Waals surface area contributed by atoms with E-state index in [0.29, 0.717) is 10.8 Å². The number of nitrogens with one attached hydrogen (secondary N) is 1. The van der Waals surface area contributed by atoms with Crippen molar-refractivity contribution in [2.45, 2.75) is 76.7 Å². The van der Waals surface area contributed by atoms with Crippen molar-refractivity contribution in [2.75, 3.05) is 6.61 Å². The van der Waals surface area contributed by atoms with Crippen LogP contribution in [0, 0.1) is 39.9 Å². The van der Waals surface area contributed by atoms with Crippen LogP contribution in [-0.4, -0.2) is 17.9 Å². The monoisotopic (exact) mass is 351 g/mol. The molecule has 0 aromatic carbocycles. The van der Waals surface area contributed by atoms with E-state index in [2.05, 4.69) is 25.2 Å². The van der Waals surface area contributed by atoms with Gasteiger partial charge in [0.15, 0.2) is 0 Å². The molecule has 4 saturated carbocycles. The van der Waals surface area contributed by atoms with Gasteiger partial charge in [0.05, 0.1) is 12.2 Å². The normalized spacial score (nSPS) is 50.5. The van der Waals surface area contributed by atoms with Gasteiger partial charge in [-0.05, 0) is 94.0 Å². The molecule has 140 valence electrons. The van der Waals surface area contributed by atoms with Gasteiger partial charge in [-0.25, -0.2) is 0 Å². The smallest absolute Gasteiger partial charge is 0.0982 e. The topological polar surface area (TPSA) is 33.1 Å². The lowest BCUT2D eigenvalue weighted by atomic mass is 9.49. The molecule has 1 heterocycles.